The Morgan fingerprint density at radius 2 is 2.25 bits per heavy atom. The zero-order valence-corrected chi connectivity index (χ0v) is 9.67. The highest BCUT2D eigenvalue weighted by molar-refractivity contribution is 5.75. The Morgan fingerprint density at radius 3 is 2.94 bits per heavy atom. The normalized spacial score (nSPS) is 16.5. The van der Waals surface area contributed by atoms with Crippen molar-refractivity contribution < 1.29 is 4.79 Å². The monoisotopic (exact) mass is 220 g/mol. The highest BCUT2D eigenvalue weighted by Gasteiger charge is 2.15. The first kappa shape index (κ1) is 11.2. The highest BCUT2D eigenvalue weighted by Crippen LogP contribution is 2.28. The quantitative estimate of drug-likeness (QED) is 0.787. The first-order chi connectivity index (χ1) is 7.84. The molecular weight excluding hydrogens is 200 g/mol. The Bertz CT molecular complexity index is 313. The second-order valence-electron chi connectivity index (χ2n) is 4.69. The Labute approximate surface area is 96.6 Å². The lowest BCUT2D eigenvalue weighted by atomic mass is 10.0. The van der Waals surface area contributed by atoms with E-state index in [1.165, 1.54) is 25.7 Å². The predicted molar refractivity (Wildman–Crippen MR) is 63.8 cm³/mol. The van der Waals surface area contributed by atoms with Crippen LogP contribution in [0.25, 0.3) is 0 Å². The lowest BCUT2D eigenvalue weighted by molar-refractivity contribution is -0.121. The van der Waals surface area contributed by atoms with Crippen molar-refractivity contribution in [2.24, 2.45) is 5.92 Å². The van der Waals surface area contributed by atoms with Crippen LogP contribution in [0.1, 0.15) is 44.1 Å². The number of carbonyl (C=O) groups excluding carboxylic acids is 1. The fourth-order valence-electron chi connectivity index (χ4n) is 2.39. The molecule has 88 valence electrons. The molecule has 1 saturated carbocycles. The van der Waals surface area contributed by atoms with Gasteiger partial charge in [-0.1, -0.05) is 25.7 Å². The van der Waals surface area contributed by atoms with Crippen LogP contribution in [0.2, 0.25) is 0 Å². The predicted octanol–water partition coefficient (Wildman–Crippen LogP) is 2.60. The first-order valence-corrected chi connectivity index (χ1v) is 6.23. The molecule has 0 atom stereocenters. The Kier molecular flexibility index (Phi) is 4.03. The molecule has 2 rings (SSSR count). The van der Waals surface area contributed by atoms with Crippen LogP contribution in [-0.4, -0.2) is 10.9 Å². The number of hydrogen-bond acceptors (Lipinski definition) is 1. The van der Waals surface area contributed by atoms with Gasteiger partial charge >= 0.3 is 0 Å². The fraction of sp³-hybridized carbons (Fsp3) is 0.615. The average Bonchev–Trinajstić information content (AvgIpc) is 2.96. The number of hydrogen-bond donors (Lipinski definition) is 2. The van der Waals surface area contributed by atoms with E-state index in [1.54, 1.807) is 0 Å². The molecule has 1 amide bonds. The molecule has 1 fully saturated rings. The van der Waals surface area contributed by atoms with Crippen LogP contribution in [0.15, 0.2) is 18.5 Å². The topological polar surface area (TPSA) is 44.9 Å². The van der Waals surface area contributed by atoms with Gasteiger partial charge in [0.05, 0.1) is 0 Å². The van der Waals surface area contributed by atoms with Crippen molar-refractivity contribution in [1.82, 2.24) is 10.3 Å². The van der Waals surface area contributed by atoms with Crippen LogP contribution in [0, 0.1) is 5.92 Å². The van der Waals surface area contributed by atoms with Crippen molar-refractivity contribution in [1.29, 1.82) is 0 Å². The van der Waals surface area contributed by atoms with E-state index in [4.69, 9.17) is 0 Å². The molecule has 1 aromatic heterocycles. The standard InChI is InChI=1S/C13H20N2O/c16-13(6-5-11-3-1-2-4-11)15-10-12-7-8-14-9-12/h7-9,11,14H,1-6,10H2,(H,15,16). The molecule has 3 heteroatoms. The van der Waals surface area contributed by atoms with Crippen molar-refractivity contribution >= 4 is 5.91 Å². The minimum atomic E-state index is 0.188. The minimum absolute atomic E-state index is 0.188. The van der Waals surface area contributed by atoms with Gasteiger partial charge in [-0.2, -0.15) is 0 Å². The Morgan fingerprint density at radius 1 is 1.44 bits per heavy atom. The molecule has 0 aromatic carbocycles. The maximum Gasteiger partial charge on any atom is 0.220 e. The Balaban J connectivity index is 1.60. The maximum atomic E-state index is 11.6. The summed E-state index contributed by atoms with van der Waals surface area (Å²) in [5.74, 6) is 0.992. The number of aromatic amines is 1. The van der Waals surface area contributed by atoms with Crippen molar-refractivity contribution in [2.45, 2.75) is 45.1 Å². The van der Waals surface area contributed by atoms with Gasteiger partial charge in [-0.3, -0.25) is 4.79 Å². The third kappa shape index (κ3) is 3.40. The second-order valence-corrected chi connectivity index (χ2v) is 4.69. The number of rotatable bonds is 5. The molecule has 1 heterocycles. The van der Waals surface area contributed by atoms with Gasteiger partial charge in [0, 0.05) is 25.4 Å². The van der Waals surface area contributed by atoms with Gasteiger partial charge in [0.25, 0.3) is 0 Å². The number of carbonyl (C=O) groups is 1. The summed E-state index contributed by atoms with van der Waals surface area (Å²) in [6.07, 6.45) is 10.9. The van der Waals surface area contributed by atoms with E-state index in [1.807, 2.05) is 18.5 Å². The van der Waals surface area contributed by atoms with Crippen molar-refractivity contribution in [3.63, 3.8) is 0 Å². The molecule has 0 aliphatic heterocycles. The summed E-state index contributed by atoms with van der Waals surface area (Å²) >= 11 is 0. The molecule has 0 bridgehead atoms. The number of nitrogens with one attached hydrogen (secondary N) is 2. The van der Waals surface area contributed by atoms with Crippen LogP contribution >= 0.6 is 0 Å². The molecule has 2 N–H and O–H groups in total. The first-order valence-electron chi connectivity index (χ1n) is 6.23. The van der Waals surface area contributed by atoms with E-state index in [0.29, 0.717) is 13.0 Å². The molecule has 16 heavy (non-hydrogen) atoms. The van der Waals surface area contributed by atoms with Crippen LogP contribution in [0.4, 0.5) is 0 Å². The molecule has 1 aliphatic rings. The van der Waals surface area contributed by atoms with E-state index < -0.39 is 0 Å². The van der Waals surface area contributed by atoms with E-state index in [9.17, 15) is 4.79 Å². The van der Waals surface area contributed by atoms with Gasteiger partial charge < -0.3 is 10.3 Å². The summed E-state index contributed by atoms with van der Waals surface area (Å²) < 4.78 is 0. The van der Waals surface area contributed by atoms with E-state index in [-0.39, 0.29) is 5.91 Å². The lowest BCUT2D eigenvalue weighted by Crippen LogP contribution is -2.22. The van der Waals surface area contributed by atoms with Gasteiger partial charge in [0.2, 0.25) is 5.91 Å². The molecule has 1 aromatic rings. The van der Waals surface area contributed by atoms with Gasteiger partial charge in [0.1, 0.15) is 0 Å². The van der Waals surface area contributed by atoms with E-state index in [0.717, 1.165) is 17.9 Å². The van der Waals surface area contributed by atoms with Crippen LogP contribution in [0.3, 0.4) is 0 Å². The van der Waals surface area contributed by atoms with Crippen LogP contribution in [-0.2, 0) is 11.3 Å². The molecule has 0 unspecified atom stereocenters. The van der Waals surface area contributed by atoms with E-state index >= 15 is 0 Å². The van der Waals surface area contributed by atoms with Crippen molar-refractivity contribution in [2.75, 3.05) is 0 Å². The smallest absolute Gasteiger partial charge is 0.220 e. The largest absolute Gasteiger partial charge is 0.367 e. The summed E-state index contributed by atoms with van der Waals surface area (Å²) in [6, 6.07) is 1.98. The third-order valence-corrected chi connectivity index (χ3v) is 3.41. The molecular formula is C13H20N2O. The third-order valence-electron chi connectivity index (χ3n) is 3.41. The van der Waals surface area contributed by atoms with Crippen molar-refractivity contribution in [3.8, 4) is 0 Å². The molecule has 0 spiro atoms. The number of aromatic nitrogens is 1. The van der Waals surface area contributed by atoms with Gasteiger partial charge in [-0.25, -0.2) is 0 Å². The van der Waals surface area contributed by atoms with Crippen LogP contribution in [0.5, 0.6) is 0 Å². The summed E-state index contributed by atoms with van der Waals surface area (Å²) in [7, 11) is 0. The van der Waals surface area contributed by atoms with Crippen molar-refractivity contribution in [3.05, 3.63) is 24.0 Å². The van der Waals surface area contributed by atoms with Gasteiger partial charge in [-0.05, 0) is 24.0 Å². The van der Waals surface area contributed by atoms with Gasteiger partial charge in [-0.15, -0.1) is 0 Å². The second kappa shape index (κ2) is 5.73. The SMILES string of the molecule is O=C(CCC1CCCC1)NCc1cc[nH]c1. The zero-order valence-electron chi connectivity index (χ0n) is 9.67. The average molecular weight is 220 g/mol. The maximum absolute atomic E-state index is 11.6. The molecule has 1 aliphatic carbocycles. The molecule has 3 nitrogen and oxygen atoms in total. The van der Waals surface area contributed by atoms with Crippen LogP contribution < -0.4 is 5.32 Å². The number of H-pyrrole nitrogens is 1. The molecule has 0 saturated heterocycles. The highest BCUT2D eigenvalue weighted by atomic mass is 16.1. The minimum Gasteiger partial charge on any atom is -0.367 e. The zero-order chi connectivity index (χ0) is 11.2. The van der Waals surface area contributed by atoms with E-state index in [2.05, 4.69) is 10.3 Å². The summed E-state index contributed by atoms with van der Waals surface area (Å²) in [4.78, 5) is 14.6. The fourth-order valence-corrected chi connectivity index (χ4v) is 2.39. The summed E-state index contributed by atoms with van der Waals surface area (Å²) in [5, 5.41) is 2.95. The number of amides is 1. The summed E-state index contributed by atoms with van der Waals surface area (Å²) in [6.45, 7) is 0.646. The Hall–Kier alpha value is -1.25. The van der Waals surface area contributed by atoms with Gasteiger partial charge in [0.15, 0.2) is 0 Å². The molecule has 0 radical (unpaired) electrons. The lowest BCUT2D eigenvalue weighted by Gasteiger charge is -2.08. The summed E-state index contributed by atoms with van der Waals surface area (Å²) in [5.41, 5.74) is 1.13.